The molecule has 0 aromatic heterocycles. The number of aliphatic hydroxyl groups is 1. The van der Waals surface area contributed by atoms with E-state index in [0.29, 0.717) is 6.42 Å². The second-order valence-corrected chi connectivity index (χ2v) is 6.35. The molecule has 20 heavy (non-hydrogen) atoms. The minimum absolute atomic E-state index is 0.0592. The highest BCUT2D eigenvalue weighted by Crippen LogP contribution is 2.34. The van der Waals surface area contributed by atoms with Crippen LogP contribution < -0.4 is 0 Å². The normalized spacial score (nSPS) is 25.6. The van der Waals surface area contributed by atoms with Crippen LogP contribution in [0.4, 0.5) is 0 Å². The van der Waals surface area contributed by atoms with Gasteiger partial charge in [0.1, 0.15) is 0 Å². The van der Waals surface area contributed by atoms with Gasteiger partial charge in [-0.15, -0.1) is 0 Å². The molecule has 2 fully saturated rings. The summed E-state index contributed by atoms with van der Waals surface area (Å²) >= 11 is 0. The van der Waals surface area contributed by atoms with Crippen molar-refractivity contribution < 1.29 is 9.90 Å². The lowest BCUT2D eigenvalue weighted by Crippen LogP contribution is -2.46. The summed E-state index contributed by atoms with van der Waals surface area (Å²) in [5.41, 5.74) is 1.94. The summed E-state index contributed by atoms with van der Waals surface area (Å²) in [6.45, 7) is 1.98. The molecule has 0 spiro atoms. The summed E-state index contributed by atoms with van der Waals surface area (Å²) in [4.78, 5) is 14.5. The van der Waals surface area contributed by atoms with Crippen LogP contribution in [0.3, 0.4) is 0 Å². The number of benzene rings is 1. The Morgan fingerprint density at radius 1 is 1.10 bits per heavy atom. The lowest BCUT2D eigenvalue weighted by Gasteiger charge is -2.41. The lowest BCUT2D eigenvalue weighted by molar-refractivity contribution is -0.134. The molecule has 1 saturated heterocycles. The third kappa shape index (κ3) is 3.04. The molecule has 0 unspecified atom stereocenters. The number of carbonyl (C=O) groups is 1. The van der Waals surface area contributed by atoms with Crippen LogP contribution in [-0.2, 0) is 17.8 Å². The van der Waals surface area contributed by atoms with Gasteiger partial charge in [0, 0.05) is 13.1 Å². The van der Waals surface area contributed by atoms with Crippen LogP contribution in [0.25, 0.3) is 0 Å². The highest BCUT2D eigenvalue weighted by atomic mass is 16.3. The molecule has 2 atom stereocenters. The molecule has 1 saturated carbocycles. The first-order valence-corrected chi connectivity index (χ1v) is 7.71. The Bertz CT molecular complexity index is 456. The summed E-state index contributed by atoms with van der Waals surface area (Å²) in [6, 6.07) is 7.70. The van der Waals surface area contributed by atoms with Gasteiger partial charge < -0.3 is 10.0 Å². The number of hydrogen-bond donors (Lipinski definition) is 1. The van der Waals surface area contributed by atoms with E-state index in [4.69, 9.17) is 5.11 Å². The average molecular weight is 273 g/mol. The van der Waals surface area contributed by atoms with Crippen LogP contribution in [0.5, 0.6) is 0 Å². The first-order valence-electron chi connectivity index (χ1n) is 7.71. The maximum atomic E-state index is 12.4. The second-order valence-electron chi connectivity index (χ2n) is 6.35. The van der Waals surface area contributed by atoms with Gasteiger partial charge in [0.2, 0.25) is 5.91 Å². The Labute approximate surface area is 120 Å². The molecular formula is C17H23NO2. The SMILES string of the molecule is O=C(Cc1ccc(CO)cc1)N1C[C@H]2CCC[C@@H](C2)C1. The van der Waals surface area contributed by atoms with Gasteiger partial charge in [-0.1, -0.05) is 30.7 Å². The quantitative estimate of drug-likeness (QED) is 0.918. The van der Waals surface area contributed by atoms with Crippen molar-refractivity contribution in [2.45, 2.75) is 38.7 Å². The summed E-state index contributed by atoms with van der Waals surface area (Å²) in [6.07, 6.45) is 5.76. The van der Waals surface area contributed by atoms with E-state index in [-0.39, 0.29) is 12.5 Å². The highest BCUT2D eigenvalue weighted by molar-refractivity contribution is 5.79. The lowest BCUT2D eigenvalue weighted by atomic mass is 9.78. The van der Waals surface area contributed by atoms with Crippen LogP contribution in [0.2, 0.25) is 0 Å². The van der Waals surface area contributed by atoms with Gasteiger partial charge >= 0.3 is 0 Å². The van der Waals surface area contributed by atoms with E-state index in [2.05, 4.69) is 4.90 Å². The Morgan fingerprint density at radius 2 is 1.70 bits per heavy atom. The molecule has 1 N–H and O–H groups in total. The van der Waals surface area contributed by atoms with E-state index < -0.39 is 0 Å². The number of hydrogen-bond acceptors (Lipinski definition) is 2. The van der Waals surface area contributed by atoms with E-state index >= 15 is 0 Å². The number of rotatable bonds is 3. The fourth-order valence-electron chi connectivity index (χ4n) is 3.68. The largest absolute Gasteiger partial charge is 0.392 e. The molecule has 0 radical (unpaired) electrons. The molecule has 1 aliphatic carbocycles. The van der Waals surface area contributed by atoms with Gasteiger partial charge in [0.05, 0.1) is 13.0 Å². The molecule has 2 aliphatic rings. The summed E-state index contributed by atoms with van der Waals surface area (Å²) in [5.74, 6) is 1.74. The number of fused-ring (bicyclic) bond motifs is 2. The fourth-order valence-corrected chi connectivity index (χ4v) is 3.68. The maximum Gasteiger partial charge on any atom is 0.227 e. The molecule has 1 aromatic carbocycles. The zero-order valence-electron chi connectivity index (χ0n) is 11.9. The fraction of sp³-hybridized carbons (Fsp3) is 0.588. The molecule has 3 nitrogen and oxygen atoms in total. The predicted octanol–water partition coefficient (Wildman–Crippen LogP) is 2.37. The van der Waals surface area contributed by atoms with Crippen molar-refractivity contribution in [3.63, 3.8) is 0 Å². The summed E-state index contributed by atoms with van der Waals surface area (Å²) in [7, 11) is 0. The van der Waals surface area contributed by atoms with Gasteiger partial charge in [0.15, 0.2) is 0 Å². The number of piperidine rings is 1. The zero-order chi connectivity index (χ0) is 13.9. The minimum Gasteiger partial charge on any atom is -0.392 e. The third-order valence-corrected chi connectivity index (χ3v) is 4.76. The van der Waals surface area contributed by atoms with Crippen LogP contribution in [-0.4, -0.2) is 29.0 Å². The van der Waals surface area contributed by atoms with E-state index in [1.165, 1.54) is 25.7 Å². The molecule has 3 rings (SSSR count). The Balaban J connectivity index is 1.60. The van der Waals surface area contributed by atoms with E-state index in [1.54, 1.807) is 0 Å². The van der Waals surface area contributed by atoms with E-state index in [1.807, 2.05) is 24.3 Å². The van der Waals surface area contributed by atoms with E-state index in [0.717, 1.165) is 36.1 Å². The highest BCUT2D eigenvalue weighted by Gasteiger charge is 2.32. The predicted molar refractivity (Wildman–Crippen MR) is 78.1 cm³/mol. The third-order valence-electron chi connectivity index (χ3n) is 4.76. The topological polar surface area (TPSA) is 40.5 Å². The van der Waals surface area contributed by atoms with Crippen molar-refractivity contribution in [2.75, 3.05) is 13.1 Å². The number of aliphatic hydroxyl groups excluding tert-OH is 1. The Kier molecular flexibility index (Phi) is 4.06. The van der Waals surface area contributed by atoms with Crippen LogP contribution >= 0.6 is 0 Å². The Morgan fingerprint density at radius 3 is 2.30 bits per heavy atom. The van der Waals surface area contributed by atoms with Crippen molar-refractivity contribution in [2.24, 2.45) is 11.8 Å². The number of carbonyl (C=O) groups excluding carboxylic acids is 1. The smallest absolute Gasteiger partial charge is 0.227 e. The van der Waals surface area contributed by atoms with Crippen molar-refractivity contribution >= 4 is 5.91 Å². The zero-order valence-corrected chi connectivity index (χ0v) is 11.9. The minimum atomic E-state index is 0.0592. The standard InChI is InChI=1S/C17H23NO2/c19-12-14-6-4-13(5-7-14)9-17(20)18-10-15-2-1-3-16(8-15)11-18/h4-7,15-16,19H,1-3,8-12H2/t15-,16-/m0/s1. The van der Waals surface area contributed by atoms with Crippen molar-refractivity contribution in [3.05, 3.63) is 35.4 Å². The number of nitrogens with zero attached hydrogens (tertiary/aromatic N) is 1. The van der Waals surface area contributed by atoms with Gasteiger partial charge in [-0.05, 0) is 42.2 Å². The van der Waals surface area contributed by atoms with Crippen LogP contribution in [0.15, 0.2) is 24.3 Å². The summed E-state index contributed by atoms with van der Waals surface area (Å²) < 4.78 is 0. The molecule has 108 valence electrons. The van der Waals surface area contributed by atoms with Crippen molar-refractivity contribution in [3.8, 4) is 0 Å². The molecule has 2 bridgehead atoms. The van der Waals surface area contributed by atoms with Crippen LogP contribution in [0.1, 0.15) is 36.8 Å². The van der Waals surface area contributed by atoms with Crippen molar-refractivity contribution in [1.29, 1.82) is 0 Å². The van der Waals surface area contributed by atoms with Crippen molar-refractivity contribution in [1.82, 2.24) is 4.90 Å². The van der Waals surface area contributed by atoms with Gasteiger partial charge in [-0.3, -0.25) is 4.79 Å². The van der Waals surface area contributed by atoms with E-state index in [9.17, 15) is 4.79 Å². The second kappa shape index (κ2) is 5.96. The molecule has 1 aliphatic heterocycles. The molecular weight excluding hydrogens is 250 g/mol. The Hall–Kier alpha value is -1.35. The summed E-state index contributed by atoms with van der Waals surface area (Å²) in [5, 5.41) is 9.03. The molecule has 3 heteroatoms. The maximum absolute atomic E-state index is 12.4. The number of amides is 1. The molecule has 1 amide bonds. The number of likely N-dealkylation sites (tertiary alicyclic amines) is 1. The molecule has 1 aromatic rings. The first kappa shape index (κ1) is 13.6. The van der Waals surface area contributed by atoms with Gasteiger partial charge in [-0.2, -0.15) is 0 Å². The molecule has 1 heterocycles. The first-order chi connectivity index (χ1) is 9.74. The average Bonchev–Trinajstić information content (AvgIpc) is 2.47. The van der Waals surface area contributed by atoms with Crippen LogP contribution in [0, 0.1) is 11.8 Å². The van der Waals surface area contributed by atoms with Gasteiger partial charge in [-0.25, -0.2) is 0 Å². The van der Waals surface area contributed by atoms with Gasteiger partial charge in [0.25, 0.3) is 0 Å². The monoisotopic (exact) mass is 273 g/mol.